The fourth-order valence-corrected chi connectivity index (χ4v) is 3.81. The Kier molecular flexibility index (Phi) is 1.71. The summed E-state index contributed by atoms with van der Waals surface area (Å²) in [4.78, 5) is 3.56. The monoisotopic (exact) mass is 239 g/mol. The van der Waals surface area contributed by atoms with E-state index in [9.17, 15) is 5.11 Å². The number of benzene rings is 1. The zero-order valence-corrected chi connectivity index (χ0v) is 10.7. The molecule has 2 bridgehead atoms. The van der Waals surface area contributed by atoms with E-state index in [2.05, 4.69) is 31.0 Å². The lowest BCUT2D eigenvalue weighted by Gasteiger charge is -2.37. The van der Waals surface area contributed by atoms with Gasteiger partial charge in [0.15, 0.2) is 0 Å². The smallest absolute Gasteiger partial charge is 0.116 e. The summed E-state index contributed by atoms with van der Waals surface area (Å²) in [6.45, 7) is 4.64. The van der Waals surface area contributed by atoms with E-state index >= 15 is 0 Å². The predicted octanol–water partition coefficient (Wildman–Crippen LogP) is 3.82. The number of H-pyrrole nitrogens is 1. The van der Waals surface area contributed by atoms with Gasteiger partial charge in [-0.3, -0.25) is 0 Å². The molecule has 0 spiro atoms. The summed E-state index contributed by atoms with van der Waals surface area (Å²) < 4.78 is 0. The van der Waals surface area contributed by atoms with Crippen LogP contribution in [0.1, 0.15) is 37.4 Å². The molecule has 2 aliphatic carbocycles. The molecule has 0 saturated carbocycles. The quantitative estimate of drug-likeness (QED) is 0.673. The fourth-order valence-electron chi connectivity index (χ4n) is 3.81. The highest BCUT2D eigenvalue weighted by Gasteiger charge is 2.43. The maximum absolute atomic E-state index is 9.74. The summed E-state index contributed by atoms with van der Waals surface area (Å²) in [6.07, 6.45) is 5.93. The highest BCUT2D eigenvalue weighted by atomic mass is 16.3. The van der Waals surface area contributed by atoms with Gasteiger partial charge in [0.1, 0.15) is 5.75 Å². The fraction of sp³-hybridized carbons (Fsp3) is 0.375. The molecule has 2 heteroatoms. The number of nitrogens with one attached hydrogen (secondary N) is 1. The molecule has 18 heavy (non-hydrogen) atoms. The van der Waals surface area contributed by atoms with Crippen molar-refractivity contribution in [2.75, 3.05) is 0 Å². The van der Waals surface area contributed by atoms with Gasteiger partial charge in [-0.15, -0.1) is 0 Å². The molecule has 2 atom stereocenters. The van der Waals surface area contributed by atoms with Gasteiger partial charge in [-0.2, -0.15) is 0 Å². The number of hydrogen-bond acceptors (Lipinski definition) is 1. The molecular formula is C16H17NO. The summed E-state index contributed by atoms with van der Waals surface area (Å²) in [5.41, 5.74) is 4.04. The number of aromatic nitrogens is 1. The average molecular weight is 239 g/mol. The molecule has 4 rings (SSSR count). The van der Waals surface area contributed by atoms with E-state index in [1.807, 2.05) is 12.1 Å². The van der Waals surface area contributed by atoms with Crippen molar-refractivity contribution in [1.29, 1.82) is 0 Å². The molecule has 0 aliphatic heterocycles. The first-order valence-electron chi connectivity index (χ1n) is 6.61. The van der Waals surface area contributed by atoms with Crippen LogP contribution in [-0.2, 0) is 5.41 Å². The standard InChI is InChI=1S/C16H17NO/c1-16(2)10-4-3-9(7-10)15-14(16)12-8-11(18)5-6-13(12)17-15/h3-6,8-10,17-18H,7H2,1-2H3. The Morgan fingerprint density at radius 1 is 1.28 bits per heavy atom. The van der Waals surface area contributed by atoms with Crippen LogP contribution >= 0.6 is 0 Å². The minimum Gasteiger partial charge on any atom is -0.508 e. The Hall–Kier alpha value is -1.70. The van der Waals surface area contributed by atoms with Crippen LogP contribution < -0.4 is 0 Å². The number of allylic oxidation sites excluding steroid dienone is 2. The van der Waals surface area contributed by atoms with Crippen LogP contribution in [0.3, 0.4) is 0 Å². The zero-order valence-electron chi connectivity index (χ0n) is 10.7. The van der Waals surface area contributed by atoms with Crippen LogP contribution in [0, 0.1) is 5.92 Å². The molecule has 1 heterocycles. The zero-order chi connectivity index (χ0) is 12.5. The molecule has 0 saturated heterocycles. The molecule has 2 N–H and O–H groups in total. The first-order chi connectivity index (χ1) is 8.57. The third-order valence-corrected chi connectivity index (χ3v) is 4.84. The van der Waals surface area contributed by atoms with Gasteiger partial charge in [0, 0.05) is 22.5 Å². The SMILES string of the molecule is CC1(C)c2c([nH]c3ccc(O)cc23)C2C=CC1C2. The number of phenols is 1. The van der Waals surface area contributed by atoms with Crippen LogP contribution in [-0.4, -0.2) is 10.1 Å². The van der Waals surface area contributed by atoms with E-state index in [4.69, 9.17) is 0 Å². The average Bonchev–Trinajstić information content (AvgIpc) is 2.89. The number of rotatable bonds is 0. The van der Waals surface area contributed by atoms with Gasteiger partial charge in [0.2, 0.25) is 0 Å². The van der Waals surface area contributed by atoms with Crippen molar-refractivity contribution >= 4 is 10.9 Å². The van der Waals surface area contributed by atoms with Gasteiger partial charge < -0.3 is 10.1 Å². The van der Waals surface area contributed by atoms with Crippen molar-refractivity contribution in [1.82, 2.24) is 4.98 Å². The van der Waals surface area contributed by atoms with Gasteiger partial charge in [-0.05, 0) is 41.5 Å². The number of aromatic amines is 1. The molecule has 0 fully saturated rings. The van der Waals surface area contributed by atoms with E-state index in [1.54, 1.807) is 6.07 Å². The van der Waals surface area contributed by atoms with Gasteiger partial charge in [0.05, 0.1) is 0 Å². The Labute approximate surface area is 106 Å². The van der Waals surface area contributed by atoms with Crippen molar-refractivity contribution in [3.8, 4) is 5.75 Å². The van der Waals surface area contributed by atoms with Crippen molar-refractivity contribution in [2.45, 2.75) is 31.6 Å². The summed E-state index contributed by atoms with van der Waals surface area (Å²) >= 11 is 0. The number of phenolic OH excluding ortho intramolecular Hbond substituents is 1. The van der Waals surface area contributed by atoms with E-state index in [-0.39, 0.29) is 5.41 Å². The molecule has 1 aromatic carbocycles. The summed E-state index contributed by atoms with van der Waals surface area (Å²) in [5, 5.41) is 10.9. The topological polar surface area (TPSA) is 36.0 Å². The minimum absolute atomic E-state index is 0.144. The molecule has 1 aromatic heterocycles. The summed E-state index contributed by atoms with van der Waals surface area (Å²) in [7, 11) is 0. The Morgan fingerprint density at radius 3 is 2.94 bits per heavy atom. The molecule has 2 unspecified atom stereocenters. The number of hydrogen-bond donors (Lipinski definition) is 2. The van der Waals surface area contributed by atoms with Crippen molar-refractivity contribution in [3.05, 3.63) is 41.6 Å². The maximum Gasteiger partial charge on any atom is 0.116 e. The summed E-state index contributed by atoms with van der Waals surface area (Å²) in [6, 6.07) is 5.64. The van der Waals surface area contributed by atoms with Crippen molar-refractivity contribution in [2.24, 2.45) is 5.92 Å². The predicted molar refractivity (Wildman–Crippen MR) is 73.0 cm³/mol. The molecule has 2 aliphatic rings. The van der Waals surface area contributed by atoms with Crippen molar-refractivity contribution < 1.29 is 5.11 Å². The first kappa shape index (κ1) is 10.2. The van der Waals surface area contributed by atoms with E-state index in [0.717, 1.165) is 5.52 Å². The van der Waals surface area contributed by atoms with Crippen LogP contribution in [0.5, 0.6) is 5.75 Å². The maximum atomic E-state index is 9.74. The Bertz CT molecular complexity index is 678. The third-order valence-electron chi connectivity index (χ3n) is 4.84. The highest BCUT2D eigenvalue weighted by Crippen LogP contribution is 2.53. The van der Waals surface area contributed by atoms with Gasteiger partial charge in [-0.25, -0.2) is 0 Å². The molecule has 0 radical (unpaired) electrons. The van der Waals surface area contributed by atoms with E-state index < -0.39 is 0 Å². The second-order valence-electron chi connectivity index (χ2n) is 6.20. The first-order valence-corrected chi connectivity index (χ1v) is 6.61. The largest absolute Gasteiger partial charge is 0.508 e. The minimum atomic E-state index is 0.144. The lowest BCUT2D eigenvalue weighted by atomic mass is 9.67. The van der Waals surface area contributed by atoms with Gasteiger partial charge in [0.25, 0.3) is 0 Å². The van der Waals surface area contributed by atoms with Crippen LogP contribution in [0.4, 0.5) is 0 Å². The molecule has 2 aromatic rings. The van der Waals surface area contributed by atoms with E-state index in [0.29, 0.717) is 17.6 Å². The highest BCUT2D eigenvalue weighted by molar-refractivity contribution is 5.88. The van der Waals surface area contributed by atoms with Crippen LogP contribution in [0.25, 0.3) is 10.9 Å². The van der Waals surface area contributed by atoms with Crippen LogP contribution in [0.2, 0.25) is 0 Å². The lowest BCUT2D eigenvalue weighted by molar-refractivity contribution is 0.343. The molecular weight excluding hydrogens is 222 g/mol. The van der Waals surface area contributed by atoms with Gasteiger partial charge >= 0.3 is 0 Å². The summed E-state index contributed by atoms with van der Waals surface area (Å²) in [5.74, 6) is 1.51. The number of aromatic hydroxyl groups is 1. The molecule has 2 nitrogen and oxygen atoms in total. The Balaban J connectivity index is 2.12. The van der Waals surface area contributed by atoms with E-state index in [1.165, 1.54) is 23.1 Å². The van der Waals surface area contributed by atoms with Gasteiger partial charge in [-0.1, -0.05) is 26.0 Å². The number of fused-ring (bicyclic) bond motifs is 6. The van der Waals surface area contributed by atoms with Crippen molar-refractivity contribution in [3.63, 3.8) is 0 Å². The van der Waals surface area contributed by atoms with Crippen LogP contribution in [0.15, 0.2) is 30.4 Å². The normalized spacial score (nSPS) is 27.7. The molecule has 0 amide bonds. The second-order valence-corrected chi connectivity index (χ2v) is 6.20. The molecule has 92 valence electrons. The Morgan fingerprint density at radius 2 is 2.11 bits per heavy atom. The second kappa shape index (κ2) is 3.00. The third kappa shape index (κ3) is 1.08. The lowest BCUT2D eigenvalue weighted by Crippen LogP contribution is -2.31.